The van der Waals surface area contributed by atoms with Crippen LogP contribution in [0.5, 0.6) is 0 Å². The molecule has 0 unspecified atom stereocenters. The molecule has 0 radical (unpaired) electrons. The standard InChI is InChI=1S/C17H16ClFN2O3S/c18-15-10-14(7-8-16(15)19)25(23,24)21-13-3-1-11(2-4-13)9-17(22)20-12-5-6-12/h1-4,7-8,10,12,21H,5-6,9H2,(H,20,22). The summed E-state index contributed by atoms with van der Waals surface area (Å²) >= 11 is 5.63. The summed E-state index contributed by atoms with van der Waals surface area (Å²) < 4.78 is 40.2. The van der Waals surface area contributed by atoms with Crippen molar-refractivity contribution in [2.75, 3.05) is 4.72 Å². The Balaban J connectivity index is 1.67. The molecule has 0 aliphatic heterocycles. The molecule has 1 amide bonds. The number of hydrogen-bond donors (Lipinski definition) is 2. The summed E-state index contributed by atoms with van der Waals surface area (Å²) in [7, 11) is -3.88. The summed E-state index contributed by atoms with van der Waals surface area (Å²) in [5.41, 5.74) is 1.12. The van der Waals surface area contributed by atoms with Crippen LogP contribution < -0.4 is 10.0 Å². The Hall–Kier alpha value is -2.12. The Morgan fingerprint density at radius 3 is 2.44 bits per heavy atom. The van der Waals surface area contributed by atoms with Gasteiger partial charge < -0.3 is 5.32 Å². The number of rotatable bonds is 6. The monoisotopic (exact) mass is 382 g/mol. The maximum atomic E-state index is 13.2. The van der Waals surface area contributed by atoms with E-state index in [0.717, 1.165) is 36.6 Å². The number of hydrogen-bond acceptors (Lipinski definition) is 3. The second-order valence-corrected chi connectivity index (χ2v) is 7.99. The van der Waals surface area contributed by atoms with Gasteiger partial charge in [0.2, 0.25) is 5.91 Å². The molecule has 3 rings (SSSR count). The molecular formula is C17H16ClFN2O3S. The third kappa shape index (κ3) is 4.70. The highest BCUT2D eigenvalue weighted by Crippen LogP contribution is 2.22. The zero-order chi connectivity index (χ0) is 18.0. The summed E-state index contributed by atoms with van der Waals surface area (Å²) in [6, 6.07) is 10.0. The van der Waals surface area contributed by atoms with E-state index in [4.69, 9.17) is 11.6 Å². The molecule has 1 fully saturated rings. The highest BCUT2D eigenvalue weighted by Gasteiger charge is 2.23. The lowest BCUT2D eigenvalue weighted by molar-refractivity contribution is -0.120. The molecule has 0 atom stereocenters. The third-order valence-electron chi connectivity index (χ3n) is 3.71. The number of carbonyl (C=O) groups excluding carboxylic acids is 1. The van der Waals surface area contributed by atoms with Crippen LogP contribution in [0.2, 0.25) is 5.02 Å². The minimum Gasteiger partial charge on any atom is -0.353 e. The molecule has 0 aromatic heterocycles. The van der Waals surface area contributed by atoms with Crippen molar-refractivity contribution in [3.8, 4) is 0 Å². The largest absolute Gasteiger partial charge is 0.353 e. The van der Waals surface area contributed by atoms with Crippen LogP contribution in [-0.2, 0) is 21.2 Å². The molecule has 5 nitrogen and oxygen atoms in total. The Kier molecular flexibility index (Phi) is 4.96. The first-order chi connectivity index (χ1) is 11.8. The van der Waals surface area contributed by atoms with Gasteiger partial charge in [0, 0.05) is 11.7 Å². The van der Waals surface area contributed by atoms with Crippen LogP contribution in [0.3, 0.4) is 0 Å². The van der Waals surface area contributed by atoms with E-state index in [1.165, 1.54) is 0 Å². The molecule has 25 heavy (non-hydrogen) atoms. The average Bonchev–Trinajstić information content (AvgIpc) is 3.35. The van der Waals surface area contributed by atoms with Crippen molar-refractivity contribution >= 4 is 33.2 Å². The lowest BCUT2D eigenvalue weighted by Gasteiger charge is -2.09. The fraction of sp³-hybridized carbons (Fsp3) is 0.235. The summed E-state index contributed by atoms with van der Waals surface area (Å²) in [5, 5.41) is 2.63. The van der Waals surface area contributed by atoms with Crippen LogP contribution in [0.4, 0.5) is 10.1 Å². The molecule has 8 heteroatoms. The van der Waals surface area contributed by atoms with E-state index in [2.05, 4.69) is 10.0 Å². The molecule has 0 saturated heterocycles. The molecule has 1 aliphatic carbocycles. The van der Waals surface area contributed by atoms with E-state index >= 15 is 0 Å². The van der Waals surface area contributed by atoms with E-state index in [-0.39, 0.29) is 22.2 Å². The summed E-state index contributed by atoms with van der Waals surface area (Å²) in [5.74, 6) is -0.730. The molecule has 2 aromatic rings. The van der Waals surface area contributed by atoms with Gasteiger partial charge in [0.25, 0.3) is 10.0 Å². The zero-order valence-electron chi connectivity index (χ0n) is 13.1. The second kappa shape index (κ2) is 7.01. The molecule has 0 heterocycles. The van der Waals surface area contributed by atoms with Gasteiger partial charge in [-0.25, -0.2) is 12.8 Å². The van der Waals surface area contributed by atoms with Crippen LogP contribution in [0, 0.1) is 5.82 Å². The van der Waals surface area contributed by atoms with Crippen molar-refractivity contribution in [1.82, 2.24) is 5.32 Å². The van der Waals surface area contributed by atoms with E-state index in [0.29, 0.717) is 11.7 Å². The highest BCUT2D eigenvalue weighted by atomic mass is 35.5. The number of anilines is 1. The van der Waals surface area contributed by atoms with Gasteiger partial charge in [-0.15, -0.1) is 0 Å². The summed E-state index contributed by atoms with van der Waals surface area (Å²) in [6.07, 6.45) is 2.30. The second-order valence-electron chi connectivity index (χ2n) is 5.90. The Morgan fingerprint density at radius 1 is 1.16 bits per heavy atom. The topological polar surface area (TPSA) is 75.3 Å². The van der Waals surface area contributed by atoms with Gasteiger partial charge in [0.15, 0.2) is 0 Å². The van der Waals surface area contributed by atoms with Gasteiger partial charge in [0.05, 0.1) is 16.3 Å². The Bertz CT molecular complexity index is 897. The van der Waals surface area contributed by atoms with Gasteiger partial charge in [-0.1, -0.05) is 23.7 Å². The fourth-order valence-electron chi connectivity index (χ4n) is 2.24. The average molecular weight is 383 g/mol. The maximum Gasteiger partial charge on any atom is 0.261 e. The summed E-state index contributed by atoms with van der Waals surface area (Å²) in [4.78, 5) is 11.6. The van der Waals surface area contributed by atoms with Gasteiger partial charge in [-0.2, -0.15) is 0 Å². The van der Waals surface area contributed by atoms with Gasteiger partial charge in [-0.05, 0) is 48.7 Å². The van der Waals surface area contributed by atoms with E-state index in [1.54, 1.807) is 24.3 Å². The number of amides is 1. The van der Waals surface area contributed by atoms with Crippen LogP contribution in [0.15, 0.2) is 47.4 Å². The number of benzene rings is 2. The number of nitrogens with one attached hydrogen (secondary N) is 2. The predicted octanol–water partition coefficient (Wildman–Crippen LogP) is 3.10. The van der Waals surface area contributed by atoms with E-state index in [1.807, 2.05) is 0 Å². The van der Waals surface area contributed by atoms with Gasteiger partial charge >= 0.3 is 0 Å². The first kappa shape index (κ1) is 17.7. The quantitative estimate of drug-likeness (QED) is 0.806. The SMILES string of the molecule is O=C(Cc1ccc(NS(=O)(=O)c2ccc(F)c(Cl)c2)cc1)NC1CC1. The Labute approximate surface area is 150 Å². The smallest absolute Gasteiger partial charge is 0.261 e. The van der Waals surface area contributed by atoms with Crippen molar-refractivity contribution < 1.29 is 17.6 Å². The number of halogens is 2. The number of carbonyl (C=O) groups is 1. The molecule has 2 aromatic carbocycles. The highest BCUT2D eigenvalue weighted by molar-refractivity contribution is 7.92. The molecule has 0 spiro atoms. The van der Waals surface area contributed by atoms with E-state index in [9.17, 15) is 17.6 Å². The summed E-state index contributed by atoms with van der Waals surface area (Å²) in [6.45, 7) is 0. The number of sulfonamides is 1. The normalized spacial score (nSPS) is 14.2. The van der Waals surface area contributed by atoms with Gasteiger partial charge in [0.1, 0.15) is 5.82 Å². The van der Waals surface area contributed by atoms with Gasteiger partial charge in [-0.3, -0.25) is 9.52 Å². The van der Waals surface area contributed by atoms with Crippen molar-refractivity contribution in [3.05, 3.63) is 58.9 Å². The molecule has 2 N–H and O–H groups in total. The molecule has 0 bridgehead atoms. The third-order valence-corrected chi connectivity index (χ3v) is 5.38. The first-order valence-electron chi connectivity index (χ1n) is 7.70. The Morgan fingerprint density at radius 2 is 1.84 bits per heavy atom. The molecular weight excluding hydrogens is 367 g/mol. The van der Waals surface area contributed by atoms with Crippen LogP contribution in [-0.4, -0.2) is 20.4 Å². The molecule has 132 valence electrons. The molecule has 1 aliphatic rings. The van der Waals surface area contributed by atoms with Crippen molar-refractivity contribution in [2.45, 2.75) is 30.2 Å². The van der Waals surface area contributed by atoms with Crippen molar-refractivity contribution in [3.63, 3.8) is 0 Å². The minimum atomic E-state index is -3.88. The lowest BCUT2D eigenvalue weighted by Crippen LogP contribution is -2.26. The van der Waals surface area contributed by atoms with Crippen LogP contribution in [0.25, 0.3) is 0 Å². The van der Waals surface area contributed by atoms with Crippen LogP contribution >= 0.6 is 11.6 Å². The predicted molar refractivity (Wildman–Crippen MR) is 93.5 cm³/mol. The fourth-order valence-corrected chi connectivity index (χ4v) is 3.57. The van der Waals surface area contributed by atoms with Crippen molar-refractivity contribution in [2.24, 2.45) is 0 Å². The van der Waals surface area contributed by atoms with Crippen molar-refractivity contribution in [1.29, 1.82) is 0 Å². The first-order valence-corrected chi connectivity index (χ1v) is 9.56. The molecule has 1 saturated carbocycles. The zero-order valence-corrected chi connectivity index (χ0v) is 14.7. The maximum absolute atomic E-state index is 13.2. The minimum absolute atomic E-state index is 0.0446. The lowest BCUT2D eigenvalue weighted by atomic mass is 10.1. The van der Waals surface area contributed by atoms with Crippen LogP contribution in [0.1, 0.15) is 18.4 Å². The van der Waals surface area contributed by atoms with E-state index < -0.39 is 15.8 Å².